The third kappa shape index (κ3) is 6.50. The predicted molar refractivity (Wildman–Crippen MR) is 102 cm³/mol. The van der Waals surface area contributed by atoms with Crippen LogP contribution in [-0.4, -0.2) is 59.1 Å². The first-order valence-corrected chi connectivity index (χ1v) is 9.30. The second-order valence-corrected chi connectivity index (χ2v) is 8.16. The van der Waals surface area contributed by atoms with Crippen molar-refractivity contribution in [2.24, 2.45) is 0 Å². The summed E-state index contributed by atoms with van der Waals surface area (Å²) in [7, 11) is 0. The molecule has 0 bridgehead atoms. The maximum atomic E-state index is 13.1. The predicted octanol–water partition coefficient (Wildman–Crippen LogP) is 2.77. The van der Waals surface area contributed by atoms with Gasteiger partial charge >= 0.3 is 6.09 Å². The Kier molecular flexibility index (Phi) is 6.81. The summed E-state index contributed by atoms with van der Waals surface area (Å²) in [5, 5.41) is 2.53. The topological polar surface area (TPSA) is 61.9 Å². The smallest absolute Gasteiger partial charge is 0.408 e. The van der Waals surface area contributed by atoms with Crippen LogP contribution >= 0.6 is 0 Å². The van der Waals surface area contributed by atoms with E-state index in [4.69, 9.17) is 4.74 Å². The SMILES string of the molecule is CC1CN(C(=O)CNC(=O)OC(C)(C)C)C(C)CN1Cc1ccc(F)cc1. The van der Waals surface area contributed by atoms with Crippen LogP contribution in [-0.2, 0) is 16.1 Å². The lowest BCUT2D eigenvalue weighted by Crippen LogP contribution is -2.59. The molecular weight excluding hydrogens is 349 g/mol. The largest absolute Gasteiger partial charge is 0.444 e. The number of hydrogen-bond acceptors (Lipinski definition) is 4. The van der Waals surface area contributed by atoms with Crippen molar-refractivity contribution in [2.75, 3.05) is 19.6 Å². The summed E-state index contributed by atoms with van der Waals surface area (Å²) in [6.07, 6.45) is -0.591. The Morgan fingerprint density at radius 2 is 1.78 bits per heavy atom. The molecule has 2 amide bonds. The van der Waals surface area contributed by atoms with Crippen molar-refractivity contribution in [2.45, 2.75) is 58.8 Å². The quantitative estimate of drug-likeness (QED) is 0.874. The molecule has 2 unspecified atom stereocenters. The van der Waals surface area contributed by atoms with E-state index < -0.39 is 11.7 Å². The van der Waals surface area contributed by atoms with Crippen molar-refractivity contribution in [3.8, 4) is 0 Å². The van der Waals surface area contributed by atoms with Crippen LogP contribution in [0.1, 0.15) is 40.2 Å². The van der Waals surface area contributed by atoms with Gasteiger partial charge in [-0.05, 0) is 52.3 Å². The highest BCUT2D eigenvalue weighted by molar-refractivity contribution is 5.82. The van der Waals surface area contributed by atoms with Gasteiger partial charge in [0.05, 0.1) is 0 Å². The lowest BCUT2D eigenvalue weighted by Gasteiger charge is -2.44. The van der Waals surface area contributed by atoms with Crippen molar-refractivity contribution in [3.63, 3.8) is 0 Å². The number of nitrogens with zero attached hydrogens (tertiary/aromatic N) is 2. The number of carbonyl (C=O) groups excluding carboxylic acids is 2. The van der Waals surface area contributed by atoms with Crippen molar-refractivity contribution in [3.05, 3.63) is 35.6 Å². The molecule has 2 atom stereocenters. The maximum Gasteiger partial charge on any atom is 0.408 e. The Balaban J connectivity index is 1.87. The van der Waals surface area contributed by atoms with Crippen LogP contribution in [0.25, 0.3) is 0 Å². The zero-order chi connectivity index (χ0) is 20.2. The number of halogens is 1. The summed E-state index contributed by atoms with van der Waals surface area (Å²) in [5.74, 6) is -0.366. The monoisotopic (exact) mass is 379 g/mol. The molecule has 150 valence electrons. The van der Waals surface area contributed by atoms with Gasteiger partial charge in [0.15, 0.2) is 0 Å². The number of hydrogen-bond donors (Lipinski definition) is 1. The highest BCUT2D eigenvalue weighted by atomic mass is 19.1. The van der Waals surface area contributed by atoms with E-state index in [-0.39, 0.29) is 30.4 Å². The Morgan fingerprint density at radius 1 is 1.15 bits per heavy atom. The molecule has 1 heterocycles. The summed E-state index contributed by atoms with van der Waals surface area (Å²) in [6, 6.07) is 6.69. The first-order chi connectivity index (χ1) is 12.5. The van der Waals surface area contributed by atoms with Gasteiger partial charge in [-0.3, -0.25) is 9.69 Å². The van der Waals surface area contributed by atoms with E-state index >= 15 is 0 Å². The molecule has 27 heavy (non-hydrogen) atoms. The molecule has 0 saturated carbocycles. The van der Waals surface area contributed by atoms with Crippen LogP contribution in [0.4, 0.5) is 9.18 Å². The fourth-order valence-electron chi connectivity index (χ4n) is 3.15. The van der Waals surface area contributed by atoms with Gasteiger partial charge in [0, 0.05) is 31.7 Å². The molecule has 0 aliphatic carbocycles. The third-order valence-corrected chi connectivity index (χ3v) is 4.52. The van der Waals surface area contributed by atoms with Gasteiger partial charge in [0.2, 0.25) is 5.91 Å². The van der Waals surface area contributed by atoms with Crippen LogP contribution in [0.15, 0.2) is 24.3 Å². The standard InChI is InChI=1S/C20H30FN3O3/c1-14-12-24(18(25)10-22-19(26)27-20(3,4)5)15(2)11-23(14)13-16-6-8-17(21)9-7-16/h6-9,14-15H,10-13H2,1-5H3,(H,22,26). The van der Waals surface area contributed by atoms with Crippen LogP contribution < -0.4 is 5.32 Å². The van der Waals surface area contributed by atoms with E-state index in [9.17, 15) is 14.0 Å². The first-order valence-electron chi connectivity index (χ1n) is 9.30. The molecule has 7 heteroatoms. The number of rotatable bonds is 4. The Morgan fingerprint density at radius 3 is 2.37 bits per heavy atom. The van der Waals surface area contributed by atoms with E-state index in [1.54, 1.807) is 37.8 Å². The van der Waals surface area contributed by atoms with Gasteiger partial charge in [-0.1, -0.05) is 12.1 Å². The molecule has 1 N–H and O–H groups in total. The number of nitrogens with one attached hydrogen (secondary N) is 1. The normalized spacial score (nSPS) is 21.0. The zero-order valence-corrected chi connectivity index (χ0v) is 16.8. The molecule has 0 radical (unpaired) electrons. The van der Waals surface area contributed by atoms with Crippen LogP contribution in [0.5, 0.6) is 0 Å². The average molecular weight is 379 g/mol. The van der Waals surface area contributed by atoms with Crippen molar-refractivity contribution in [1.82, 2.24) is 15.1 Å². The van der Waals surface area contributed by atoms with E-state index in [0.29, 0.717) is 13.1 Å². The van der Waals surface area contributed by atoms with Crippen molar-refractivity contribution >= 4 is 12.0 Å². The lowest BCUT2D eigenvalue weighted by atomic mass is 10.1. The van der Waals surface area contributed by atoms with Gasteiger partial charge in [-0.25, -0.2) is 9.18 Å². The molecule has 0 aromatic heterocycles. The maximum absolute atomic E-state index is 13.1. The summed E-state index contributed by atoms with van der Waals surface area (Å²) in [6.45, 7) is 11.3. The second-order valence-electron chi connectivity index (χ2n) is 8.16. The molecule has 1 aliphatic rings. The molecule has 1 aromatic rings. The summed E-state index contributed by atoms with van der Waals surface area (Å²) in [5.41, 5.74) is 0.447. The Hall–Kier alpha value is -2.15. The number of alkyl carbamates (subject to hydrolysis) is 1. The van der Waals surface area contributed by atoms with Crippen LogP contribution in [0.2, 0.25) is 0 Å². The fraction of sp³-hybridized carbons (Fsp3) is 0.600. The van der Waals surface area contributed by atoms with Gasteiger partial charge in [0.25, 0.3) is 0 Å². The second kappa shape index (κ2) is 8.69. The minimum absolute atomic E-state index is 0.0228. The van der Waals surface area contributed by atoms with E-state index in [1.807, 2.05) is 6.92 Å². The van der Waals surface area contributed by atoms with E-state index in [0.717, 1.165) is 12.1 Å². The number of ether oxygens (including phenoxy) is 1. The summed E-state index contributed by atoms with van der Waals surface area (Å²) in [4.78, 5) is 28.3. The van der Waals surface area contributed by atoms with Crippen molar-refractivity contribution in [1.29, 1.82) is 0 Å². The summed E-state index contributed by atoms with van der Waals surface area (Å²) < 4.78 is 18.2. The Bertz CT molecular complexity index is 657. The third-order valence-electron chi connectivity index (χ3n) is 4.52. The fourth-order valence-corrected chi connectivity index (χ4v) is 3.15. The number of amides is 2. The lowest BCUT2D eigenvalue weighted by molar-refractivity contribution is -0.136. The highest BCUT2D eigenvalue weighted by Crippen LogP contribution is 2.18. The van der Waals surface area contributed by atoms with Gasteiger partial charge < -0.3 is 15.0 Å². The number of piperazine rings is 1. The van der Waals surface area contributed by atoms with Gasteiger partial charge in [0.1, 0.15) is 18.0 Å². The molecule has 1 aliphatic heterocycles. The number of benzene rings is 1. The molecule has 0 spiro atoms. The zero-order valence-electron chi connectivity index (χ0n) is 16.8. The van der Waals surface area contributed by atoms with Crippen LogP contribution in [0.3, 0.4) is 0 Å². The minimum atomic E-state index is -0.596. The van der Waals surface area contributed by atoms with Crippen LogP contribution in [0, 0.1) is 5.82 Å². The highest BCUT2D eigenvalue weighted by Gasteiger charge is 2.32. The number of carbonyl (C=O) groups is 2. The molecule has 1 saturated heterocycles. The molecular formula is C20H30FN3O3. The minimum Gasteiger partial charge on any atom is -0.444 e. The van der Waals surface area contributed by atoms with Crippen molar-refractivity contribution < 1.29 is 18.7 Å². The van der Waals surface area contributed by atoms with Gasteiger partial charge in [-0.15, -0.1) is 0 Å². The first kappa shape index (κ1) is 21.2. The van der Waals surface area contributed by atoms with E-state index in [2.05, 4.69) is 17.1 Å². The van der Waals surface area contributed by atoms with Gasteiger partial charge in [-0.2, -0.15) is 0 Å². The summed E-state index contributed by atoms with van der Waals surface area (Å²) >= 11 is 0. The molecule has 1 aromatic carbocycles. The molecule has 6 nitrogen and oxygen atoms in total. The van der Waals surface area contributed by atoms with E-state index in [1.165, 1.54) is 12.1 Å². The average Bonchev–Trinajstić information content (AvgIpc) is 2.56. The Labute approximate surface area is 160 Å². The molecule has 2 rings (SSSR count). The molecule has 1 fully saturated rings.